The predicted octanol–water partition coefficient (Wildman–Crippen LogP) is 3.54. The van der Waals surface area contributed by atoms with Crippen LogP contribution in [0.15, 0.2) is 30.7 Å². The van der Waals surface area contributed by atoms with E-state index in [4.69, 9.17) is 0 Å². The molecule has 1 unspecified atom stereocenters. The van der Waals surface area contributed by atoms with Crippen LogP contribution in [0.3, 0.4) is 0 Å². The Morgan fingerprint density at radius 2 is 2.00 bits per heavy atom. The SMILES string of the molecule is CCC(CC)n1ccc(Cn2ccc(C(O)C3CC3)c2)n1. The quantitative estimate of drug-likeness (QED) is 0.846. The van der Waals surface area contributed by atoms with E-state index >= 15 is 0 Å². The van der Waals surface area contributed by atoms with Crippen LogP contribution in [0.1, 0.15) is 62.9 Å². The van der Waals surface area contributed by atoms with Crippen LogP contribution >= 0.6 is 0 Å². The maximum absolute atomic E-state index is 10.1. The highest BCUT2D eigenvalue weighted by Crippen LogP contribution is 2.40. The number of aromatic nitrogens is 3. The van der Waals surface area contributed by atoms with E-state index in [0.29, 0.717) is 12.0 Å². The number of aliphatic hydroxyl groups excluding tert-OH is 1. The first kappa shape index (κ1) is 14.4. The lowest BCUT2D eigenvalue weighted by atomic mass is 10.1. The lowest BCUT2D eigenvalue weighted by Crippen LogP contribution is -2.08. The Morgan fingerprint density at radius 1 is 1.24 bits per heavy atom. The van der Waals surface area contributed by atoms with E-state index in [0.717, 1.165) is 43.5 Å². The summed E-state index contributed by atoms with van der Waals surface area (Å²) in [4.78, 5) is 0. The van der Waals surface area contributed by atoms with Crippen molar-refractivity contribution in [3.05, 3.63) is 42.0 Å². The summed E-state index contributed by atoms with van der Waals surface area (Å²) in [5, 5.41) is 14.8. The maximum atomic E-state index is 10.1. The van der Waals surface area contributed by atoms with Crippen molar-refractivity contribution in [2.75, 3.05) is 0 Å². The van der Waals surface area contributed by atoms with Crippen LogP contribution in [-0.2, 0) is 6.54 Å². The van der Waals surface area contributed by atoms with Gasteiger partial charge < -0.3 is 9.67 Å². The number of nitrogens with zero attached hydrogens (tertiary/aromatic N) is 3. The summed E-state index contributed by atoms with van der Waals surface area (Å²) in [5.74, 6) is 0.481. The van der Waals surface area contributed by atoms with Gasteiger partial charge >= 0.3 is 0 Å². The Bertz CT molecular complexity index is 540. The average Bonchev–Trinajstić information content (AvgIpc) is 3.08. The van der Waals surface area contributed by atoms with Crippen molar-refractivity contribution in [2.24, 2.45) is 5.92 Å². The monoisotopic (exact) mass is 287 g/mol. The molecule has 1 saturated carbocycles. The highest BCUT2D eigenvalue weighted by atomic mass is 16.3. The molecule has 0 amide bonds. The zero-order chi connectivity index (χ0) is 14.8. The van der Waals surface area contributed by atoms with Crippen molar-refractivity contribution in [1.82, 2.24) is 14.3 Å². The third kappa shape index (κ3) is 3.21. The molecule has 0 bridgehead atoms. The summed E-state index contributed by atoms with van der Waals surface area (Å²) in [6.07, 6.45) is 10.4. The molecule has 3 rings (SSSR count). The molecular weight excluding hydrogens is 262 g/mol. The van der Waals surface area contributed by atoms with Crippen molar-refractivity contribution in [2.45, 2.75) is 58.2 Å². The van der Waals surface area contributed by atoms with Gasteiger partial charge in [0.1, 0.15) is 0 Å². The molecule has 1 N–H and O–H groups in total. The Morgan fingerprint density at radius 3 is 2.67 bits per heavy atom. The van der Waals surface area contributed by atoms with E-state index in [9.17, 15) is 5.11 Å². The summed E-state index contributed by atoms with van der Waals surface area (Å²) in [6.45, 7) is 5.17. The van der Waals surface area contributed by atoms with Crippen LogP contribution in [-0.4, -0.2) is 19.5 Å². The number of hydrogen-bond acceptors (Lipinski definition) is 2. The summed E-state index contributed by atoms with van der Waals surface area (Å²) in [6, 6.07) is 4.62. The molecule has 114 valence electrons. The second kappa shape index (κ2) is 6.06. The van der Waals surface area contributed by atoms with Gasteiger partial charge in [0.15, 0.2) is 0 Å². The van der Waals surface area contributed by atoms with Gasteiger partial charge in [0, 0.05) is 18.6 Å². The first-order valence-electron chi connectivity index (χ1n) is 8.09. The minimum atomic E-state index is -0.284. The van der Waals surface area contributed by atoms with Crippen molar-refractivity contribution in [3.8, 4) is 0 Å². The molecular formula is C17H25N3O. The van der Waals surface area contributed by atoms with Crippen molar-refractivity contribution < 1.29 is 5.11 Å². The van der Waals surface area contributed by atoms with E-state index < -0.39 is 0 Å². The normalized spacial score (nSPS) is 16.6. The molecule has 4 heteroatoms. The third-order valence-corrected chi connectivity index (χ3v) is 4.51. The molecule has 0 aliphatic heterocycles. The lowest BCUT2D eigenvalue weighted by Gasteiger charge is -2.12. The zero-order valence-electron chi connectivity index (χ0n) is 12.9. The van der Waals surface area contributed by atoms with Gasteiger partial charge in [-0.2, -0.15) is 5.10 Å². The fourth-order valence-electron chi connectivity index (χ4n) is 2.93. The van der Waals surface area contributed by atoms with Gasteiger partial charge in [-0.05, 0) is 49.3 Å². The Labute approximate surface area is 126 Å². The van der Waals surface area contributed by atoms with Crippen LogP contribution in [0.25, 0.3) is 0 Å². The third-order valence-electron chi connectivity index (χ3n) is 4.51. The van der Waals surface area contributed by atoms with E-state index in [1.165, 1.54) is 0 Å². The first-order chi connectivity index (χ1) is 10.2. The molecule has 1 atom stereocenters. The Hall–Kier alpha value is -1.55. The van der Waals surface area contributed by atoms with Crippen LogP contribution in [0.4, 0.5) is 0 Å². The molecule has 1 aliphatic rings. The summed E-state index contributed by atoms with van der Waals surface area (Å²) in [7, 11) is 0. The van der Waals surface area contributed by atoms with E-state index in [2.05, 4.69) is 46.7 Å². The molecule has 0 aromatic carbocycles. The zero-order valence-corrected chi connectivity index (χ0v) is 12.9. The predicted molar refractivity (Wildman–Crippen MR) is 83.1 cm³/mol. The van der Waals surface area contributed by atoms with Gasteiger partial charge in [0.2, 0.25) is 0 Å². The molecule has 0 spiro atoms. The molecule has 4 nitrogen and oxygen atoms in total. The second-order valence-corrected chi connectivity index (χ2v) is 6.16. The molecule has 21 heavy (non-hydrogen) atoms. The largest absolute Gasteiger partial charge is 0.388 e. The Kier molecular flexibility index (Phi) is 4.15. The molecule has 0 saturated heterocycles. The topological polar surface area (TPSA) is 43.0 Å². The molecule has 1 aliphatic carbocycles. The lowest BCUT2D eigenvalue weighted by molar-refractivity contribution is 0.154. The summed E-state index contributed by atoms with van der Waals surface area (Å²) >= 11 is 0. The van der Waals surface area contributed by atoms with Crippen LogP contribution < -0.4 is 0 Å². The van der Waals surface area contributed by atoms with Crippen molar-refractivity contribution in [3.63, 3.8) is 0 Å². The molecule has 2 aromatic rings. The van der Waals surface area contributed by atoms with Gasteiger partial charge in [-0.3, -0.25) is 4.68 Å². The minimum Gasteiger partial charge on any atom is -0.388 e. The van der Waals surface area contributed by atoms with Gasteiger partial charge in [0.05, 0.1) is 24.4 Å². The van der Waals surface area contributed by atoms with Crippen molar-refractivity contribution >= 4 is 0 Å². The molecule has 0 radical (unpaired) electrons. The second-order valence-electron chi connectivity index (χ2n) is 6.16. The number of hydrogen-bond donors (Lipinski definition) is 1. The van der Waals surface area contributed by atoms with Gasteiger partial charge in [-0.1, -0.05) is 13.8 Å². The summed E-state index contributed by atoms with van der Waals surface area (Å²) < 4.78 is 4.19. The minimum absolute atomic E-state index is 0.284. The van der Waals surface area contributed by atoms with Crippen LogP contribution in [0.5, 0.6) is 0 Å². The first-order valence-corrected chi connectivity index (χ1v) is 8.09. The standard InChI is InChI=1S/C17H25N3O/c1-3-16(4-2)20-10-8-15(18-20)12-19-9-7-14(11-19)17(21)13-5-6-13/h7-11,13,16-17,21H,3-6,12H2,1-2H3. The molecule has 1 fully saturated rings. The van der Waals surface area contributed by atoms with Gasteiger partial charge in [-0.15, -0.1) is 0 Å². The smallest absolute Gasteiger partial charge is 0.0832 e. The number of aliphatic hydroxyl groups is 1. The van der Waals surface area contributed by atoms with Crippen LogP contribution in [0.2, 0.25) is 0 Å². The van der Waals surface area contributed by atoms with E-state index in [1.54, 1.807) is 0 Å². The van der Waals surface area contributed by atoms with E-state index in [1.807, 2.05) is 12.3 Å². The Balaban J connectivity index is 1.66. The van der Waals surface area contributed by atoms with Crippen molar-refractivity contribution in [1.29, 1.82) is 0 Å². The highest BCUT2D eigenvalue weighted by Gasteiger charge is 2.31. The average molecular weight is 287 g/mol. The van der Waals surface area contributed by atoms with Gasteiger partial charge in [0.25, 0.3) is 0 Å². The fourth-order valence-corrected chi connectivity index (χ4v) is 2.93. The summed E-state index contributed by atoms with van der Waals surface area (Å²) in [5.41, 5.74) is 2.11. The van der Waals surface area contributed by atoms with Gasteiger partial charge in [-0.25, -0.2) is 0 Å². The molecule has 2 heterocycles. The number of rotatable bonds is 7. The van der Waals surface area contributed by atoms with E-state index in [-0.39, 0.29) is 6.10 Å². The maximum Gasteiger partial charge on any atom is 0.0832 e. The fraction of sp³-hybridized carbons (Fsp3) is 0.588. The highest BCUT2D eigenvalue weighted by molar-refractivity contribution is 5.17. The van der Waals surface area contributed by atoms with Crippen LogP contribution in [0, 0.1) is 5.92 Å². The molecule has 2 aromatic heterocycles.